The topological polar surface area (TPSA) is 58.0 Å². The van der Waals surface area contributed by atoms with Gasteiger partial charge in [-0.3, -0.25) is 4.79 Å². The lowest BCUT2D eigenvalue weighted by Gasteiger charge is -2.29. The number of aromatic amines is 1. The van der Waals surface area contributed by atoms with Gasteiger partial charge in [-0.15, -0.1) is 0 Å². The SMILES string of the molecule is O=c1cc([C@H]2CCN[C@H](Cc3ccc(F)c(F)c3)C2)o[nH]1. The van der Waals surface area contributed by atoms with Gasteiger partial charge in [0.25, 0.3) is 5.56 Å². The van der Waals surface area contributed by atoms with Gasteiger partial charge in [-0.1, -0.05) is 6.07 Å². The maximum atomic E-state index is 13.2. The number of halogens is 2. The molecule has 4 nitrogen and oxygen atoms in total. The van der Waals surface area contributed by atoms with E-state index in [0.29, 0.717) is 12.2 Å². The highest BCUT2D eigenvalue weighted by Gasteiger charge is 2.25. The monoisotopic (exact) mass is 294 g/mol. The molecular weight excluding hydrogens is 278 g/mol. The standard InChI is InChI=1S/C15H16F2N2O2/c16-12-2-1-9(6-13(12)17)5-11-7-10(3-4-18-11)14-8-15(20)19-21-14/h1-2,6,8,10-11,18H,3-5,7H2,(H,19,20)/t10-,11+/m0/s1. The lowest BCUT2D eigenvalue weighted by Crippen LogP contribution is -2.38. The summed E-state index contributed by atoms with van der Waals surface area (Å²) in [5, 5.41) is 5.66. The van der Waals surface area contributed by atoms with Gasteiger partial charge in [-0.05, 0) is 43.5 Å². The lowest BCUT2D eigenvalue weighted by molar-refractivity contribution is 0.292. The predicted molar refractivity (Wildman–Crippen MR) is 73.2 cm³/mol. The van der Waals surface area contributed by atoms with Crippen LogP contribution in [0.15, 0.2) is 33.6 Å². The van der Waals surface area contributed by atoms with Crippen LogP contribution in [0.1, 0.15) is 30.1 Å². The van der Waals surface area contributed by atoms with E-state index in [1.54, 1.807) is 6.07 Å². The van der Waals surface area contributed by atoms with Gasteiger partial charge in [0.2, 0.25) is 0 Å². The summed E-state index contributed by atoms with van der Waals surface area (Å²) in [7, 11) is 0. The number of nitrogens with one attached hydrogen (secondary N) is 2. The van der Waals surface area contributed by atoms with Crippen LogP contribution in [0.4, 0.5) is 8.78 Å². The Bertz CT molecular complexity index is 680. The van der Waals surface area contributed by atoms with Crippen LogP contribution >= 0.6 is 0 Å². The molecule has 21 heavy (non-hydrogen) atoms. The summed E-state index contributed by atoms with van der Waals surface area (Å²) in [6.07, 6.45) is 2.29. The van der Waals surface area contributed by atoms with E-state index in [1.165, 1.54) is 12.1 Å². The Labute approximate surface area is 120 Å². The van der Waals surface area contributed by atoms with E-state index in [1.807, 2.05) is 0 Å². The van der Waals surface area contributed by atoms with E-state index in [-0.39, 0.29) is 17.5 Å². The van der Waals surface area contributed by atoms with Crippen molar-refractivity contribution in [3.8, 4) is 0 Å². The normalized spacial score (nSPS) is 22.4. The summed E-state index contributed by atoms with van der Waals surface area (Å²) in [5.74, 6) is -0.823. The summed E-state index contributed by atoms with van der Waals surface area (Å²) in [6.45, 7) is 0.800. The third-order valence-corrected chi connectivity index (χ3v) is 3.91. The second-order valence-electron chi connectivity index (χ2n) is 5.44. The Morgan fingerprint density at radius 3 is 2.81 bits per heavy atom. The zero-order valence-electron chi connectivity index (χ0n) is 11.4. The number of H-pyrrole nitrogens is 1. The Kier molecular flexibility index (Phi) is 3.88. The Morgan fingerprint density at radius 1 is 1.24 bits per heavy atom. The fraction of sp³-hybridized carbons (Fsp3) is 0.400. The molecule has 0 bridgehead atoms. The summed E-state index contributed by atoms with van der Waals surface area (Å²) in [5.41, 5.74) is 0.517. The molecule has 3 rings (SSSR count). The van der Waals surface area contributed by atoms with E-state index in [4.69, 9.17) is 4.52 Å². The Balaban J connectivity index is 1.68. The highest BCUT2D eigenvalue weighted by Crippen LogP contribution is 2.28. The molecule has 2 aromatic rings. The van der Waals surface area contributed by atoms with Crippen LogP contribution in [0.3, 0.4) is 0 Å². The first-order valence-electron chi connectivity index (χ1n) is 6.97. The van der Waals surface area contributed by atoms with Crippen molar-refractivity contribution >= 4 is 0 Å². The smallest absolute Gasteiger partial charge is 0.280 e. The van der Waals surface area contributed by atoms with E-state index in [2.05, 4.69) is 10.5 Å². The van der Waals surface area contributed by atoms with Gasteiger partial charge in [0.05, 0.1) is 0 Å². The molecule has 0 radical (unpaired) electrons. The molecule has 1 saturated heterocycles. The molecule has 2 N–H and O–H groups in total. The van der Waals surface area contributed by atoms with Crippen molar-refractivity contribution in [3.05, 3.63) is 57.6 Å². The van der Waals surface area contributed by atoms with E-state index in [0.717, 1.165) is 31.0 Å². The van der Waals surface area contributed by atoms with E-state index < -0.39 is 11.6 Å². The van der Waals surface area contributed by atoms with Crippen LogP contribution in [0.2, 0.25) is 0 Å². The molecule has 1 aliphatic rings. The zero-order chi connectivity index (χ0) is 14.8. The van der Waals surface area contributed by atoms with E-state index in [9.17, 15) is 13.6 Å². The summed E-state index contributed by atoms with van der Waals surface area (Å²) < 4.78 is 31.3. The van der Waals surface area contributed by atoms with Crippen molar-refractivity contribution in [1.82, 2.24) is 10.5 Å². The quantitative estimate of drug-likeness (QED) is 0.913. The molecule has 0 aliphatic carbocycles. The van der Waals surface area contributed by atoms with Gasteiger partial charge in [-0.25, -0.2) is 8.78 Å². The lowest BCUT2D eigenvalue weighted by atomic mass is 9.87. The van der Waals surface area contributed by atoms with Crippen molar-refractivity contribution in [2.75, 3.05) is 6.54 Å². The van der Waals surface area contributed by atoms with Crippen molar-refractivity contribution in [1.29, 1.82) is 0 Å². The van der Waals surface area contributed by atoms with Crippen LogP contribution in [0.25, 0.3) is 0 Å². The van der Waals surface area contributed by atoms with Crippen molar-refractivity contribution in [2.24, 2.45) is 0 Å². The second-order valence-corrected chi connectivity index (χ2v) is 5.44. The molecule has 0 saturated carbocycles. The molecule has 1 aromatic heterocycles. The van der Waals surface area contributed by atoms with Crippen LogP contribution in [-0.4, -0.2) is 17.7 Å². The van der Waals surface area contributed by atoms with Crippen LogP contribution in [0.5, 0.6) is 0 Å². The van der Waals surface area contributed by atoms with Gasteiger partial charge in [0.1, 0.15) is 5.76 Å². The van der Waals surface area contributed by atoms with Crippen LogP contribution in [0, 0.1) is 11.6 Å². The number of hydrogen-bond acceptors (Lipinski definition) is 3. The average Bonchev–Trinajstić information content (AvgIpc) is 2.90. The molecule has 112 valence electrons. The number of hydrogen-bond donors (Lipinski definition) is 2. The van der Waals surface area contributed by atoms with Crippen LogP contribution in [-0.2, 0) is 6.42 Å². The fourth-order valence-electron chi connectivity index (χ4n) is 2.87. The summed E-state index contributed by atoms with van der Waals surface area (Å²) >= 11 is 0. The maximum absolute atomic E-state index is 13.2. The van der Waals surface area contributed by atoms with Gasteiger partial charge in [0, 0.05) is 18.0 Å². The maximum Gasteiger partial charge on any atom is 0.280 e. The number of benzene rings is 1. The Hall–Kier alpha value is -1.95. The van der Waals surface area contributed by atoms with E-state index >= 15 is 0 Å². The minimum atomic E-state index is -0.831. The first-order valence-corrected chi connectivity index (χ1v) is 6.97. The first-order chi connectivity index (χ1) is 10.1. The molecule has 0 spiro atoms. The largest absolute Gasteiger partial charge is 0.383 e. The number of aromatic nitrogens is 1. The molecule has 1 fully saturated rings. The molecule has 2 heterocycles. The van der Waals surface area contributed by atoms with Crippen LogP contribution < -0.4 is 10.9 Å². The van der Waals surface area contributed by atoms with Gasteiger partial charge in [0.15, 0.2) is 11.6 Å². The zero-order valence-corrected chi connectivity index (χ0v) is 11.4. The number of piperidine rings is 1. The van der Waals surface area contributed by atoms with Crippen molar-refractivity contribution in [2.45, 2.75) is 31.2 Å². The third-order valence-electron chi connectivity index (χ3n) is 3.91. The molecule has 1 aromatic carbocycles. The first kappa shape index (κ1) is 14.0. The highest BCUT2D eigenvalue weighted by molar-refractivity contribution is 5.19. The predicted octanol–water partition coefficient (Wildman–Crippen LogP) is 2.32. The summed E-state index contributed by atoms with van der Waals surface area (Å²) in [6, 6.07) is 5.60. The molecular formula is C15H16F2N2O2. The van der Waals surface area contributed by atoms with Crippen molar-refractivity contribution < 1.29 is 13.3 Å². The third kappa shape index (κ3) is 3.21. The fourth-order valence-corrected chi connectivity index (χ4v) is 2.87. The highest BCUT2D eigenvalue weighted by atomic mass is 19.2. The second kappa shape index (κ2) is 5.81. The molecule has 6 heteroatoms. The minimum Gasteiger partial charge on any atom is -0.383 e. The van der Waals surface area contributed by atoms with Gasteiger partial charge in [-0.2, -0.15) is 5.16 Å². The Morgan fingerprint density at radius 2 is 2.10 bits per heavy atom. The molecule has 1 aliphatic heterocycles. The number of rotatable bonds is 3. The summed E-state index contributed by atoms with van der Waals surface area (Å²) in [4.78, 5) is 11.1. The molecule has 2 atom stereocenters. The average molecular weight is 294 g/mol. The van der Waals surface area contributed by atoms with Gasteiger partial charge >= 0.3 is 0 Å². The minimum absolute atomic E-state index is 0.147. The molecule has 0 unspecified atom stereocenters. The molecule has 0 amide bonds. The van der Waals surface area contributed by atoms with Crippen molar-refractivity contribution in [3.63, 3.8) is 0 Å². The van der Waals surface area contributed by atoms with Gasteiger partial charge < -0.3 is 9.84 Å².